The van der Waals surface area contributed by atoms with E-state index in [9.17, 15) is 9.18 Å². The molecule has 1 aromatic carbocycles. The van der Waals surface area contributed by atoms with Crippen molar-refractivity contribution in [2.24, 2.45) is 0 Å². The van der Waals surface area contributed by atoms with Gasteiger partial charge in [0, 0.05) is 16.9 Å². The fraction of sp³-hybridized carbons (Fsp3) is 0.500. The van der Waals surface area contributed by atoms with Gasteiger partial charge in [0.2, 0.25) is 5.91 Å². The summed E-state index contributed by atoms with van der Waals surface area (Å²) in [4.78, 5) is 11.8. The second kappa shape index (κ2) is 7.01. The highest BCUT2D eigenvalue weighted by Crippen LogP contribution is 2.20. The van der Waals surface area contributed by atoms with Crippen LogP contribution in [0.25, 0.3) is 0 Å². The van der Waals surface area contributed by atoms with Gasteiger partial charge in [0.15, 0.2) is 0 Å². The van der Waals surface area contributed by atoms with Gasteiger partial charge in [-0.1, -0.05) is 22.4 Å². The van der Waals surface area contributed by atoms with Crippen LogP contribution >= 0.6 is 15.9 Å². The first-order chi connectivity index (χ1) is 9.15. The van der Waals surface area contributed by atoms with E-state index in [4.69, 9.17) is 0 Å². The van der Waals surface area contributed by atoms with Gasteiger partial charge in [-0.3, -0.25) is 4.79 Å². The topological polar surface area (TPSA) is 41.1 Å². The number of carbonyl (C=O) groups excluding carboxylic acids is 1. The van der Waals surface area contributed by atoms with Crippen molar-refractivity contribution in [1.82, 2.24) is 5.32 Å². The lowest BCUT2D eigenvalue weighted by atomic mass is 10.0. The van der Waals surface area contributed by atoms with E-state index >= 15 is 0 Å². The zero-order valence-electron chi connectivity index (χ0n) is 10.7. The van der Waals surface area contributed by atoms with E-state index in [1.165, 1.54) is 18.9 Å². The Morgan fingerprint density at radius 3 is 3.05 bits per heavy atom. The van der Waals surface area contributed by atoms with Crippen LogP contribution in [-0.4, -0.2) is 18.5 Å². The van der Waals surface area contributed by atoms with Gasteiger partial charge in [-0.25, -0.2) is 4.39 Å². The first-order valence-electron chi connectivity index (χ1n) is 6.63. The Bertz CT molecular complexity index is 447. The summed E-state index contributed by atoms with van der Waals surface area (Å²) in [5, 5.41) is 6.02. The summed E-state index contributed by atoms with van der Waals surface area (Å²) in [5.74, 6) is -0.545. The van der Waals surface area contributed by atoms with Crippen LogP contribution in [0.4, 0.5) is 10.1 Å². The van der Waals surface area contributed by atoms with Gasteiger partial charge < -0.3 is 10.6 Å². The van der Waals surface area contributed by atoms with Crippen LogP contribution < -0.4 is 10.6 Å². The van der Waals surface area contributed by atoms with Crippen LogP contribution in [0.2, 0.25) is 0 Å². The second-order valence-corrected chi connectivity index (χ2v) is 5.77. The summed E-state index contributed by atoms with van der Waals surface area (Å²) in [6, 6.07) is 4.94. The third-order valence-electron chi connectivity index (χ3n) is 3.33. The molecular weight excluding hydrogens is 311 g/mol. The standard InChI is InChI=1S/C14H18BrFN2O/c15-10-4-6-12(16)13(9-10)18-14(19)7-5-11-3-1-2-8-17-11/h4,6,9,11,17H,1-3,5,7-8H2,(H,18,19). The second-order valence-electron chi connectivity index (χ2n) is 4.86. The van der Waals surface area contributed by atoms with Gasteiger partial charge in [0.1, 0.15) is 5.82 Å². The molecule has 1 atom stereocenters. The molecule has 2 N–H and O–H groups in total. The highest BCUT2D eigenvalue weighted by molar-refractivity contribution is 9.10. The van der Waals surface area contributed by atoms with Crippen molar-refractivity contribution < 1.29 is 9.18 Å². The third-order valence-corrected chi connectivity index (χ3v) is 3.83. The Morgan fingerprint density at radius 2 is 2.32 bits per heavy atom. The average molecular weight is 329 g/mol. The molecule has 1 aliphatic heterocycles. The molecule has 0 bridgehead atoms. The van der Waals surface area contributed by atoms with Gasteiger partial charge in [-0.15, -0.1) is 0 Å². The Kier molecular flexibility index (Phi) is 5.34. The molecule has 3 nitrogen and oxygen atoms in total. The van der Waals surface area contributed by atoms with E-state index in [0.717, 1.165) is 23.9 Å². The molecule has 0 spiro atoms. The number of anilines is 1. The molecule has 1 saturated heterocycles. The summed E-state index contributed by atoms with van der Waals surface area (Å²) in [6.07, 6.45) is 4.79. The van der Waals surface area contributed by atoms with Crippen LogP contribution in [0, 0.1) is 5.82 Å². The maximum Gasteiger partial charge on any atom is 0.224 e. The number of hydrogen-bond acceptors (Lipinski definition) is 2. The minimum Gasteiger partial charge on any atom is -0.324 e. The highest BCUT2D eigenvalue weighted by atomic mass is 79.9. The van der Waals surface area contributed by atoms with Crippen molar-refractivity contribution in [2.75, 3.05) is 11.9 Å². The molecule has 19 heavy (non-hydrogen) atoms. The van der Waals surface area contributed by atoms with Crippen molar-refractivity contribution in [3.63, 3.8) is 0 Å². The van der Waals surface area contributed by atoms with Crippen LogP contribution in [0.15, 0.2) is 22.7 Å². The molecule has 0 saturated carbocycles. The Labute approximate surface area is 121 Å². The molecular formula is C14H18BrFN2O. The average Bonchev–Trinajstić information content (AvgIpc) is 2.42. The molecule has 1 heterocycles. The van der Waals surface area contributed by atoms with Gasteiger partial charge in [0.05, 0.1) is 5.69 Å². The van der Waals surface area contributed by atoms with Gasteiger partial charge in [0.25, 0.3) is 0 Å². The van der Waals surface area contributed by atoms with Crippen LogP contribution in [0.1, 0.15) is 32.1 Å². The predicted molar refractivity (Wildman–Crippen MR) is 77.6 cm³/mol. The minimum absolute atomic E-state index is 0.135. The number of rotatable bonds is 4. The Morgan fingerprint density at radius 1 is 1.47 bits per heavy atom. The van der Waals surface area contributed by atoms with Crippen LogP contribution in [-0.2, 0) is 4.79 Å². The molecule has 2 rings (SSSR count). The Balaban J connectivity index is 1.81. The monoisotopic (exact) mass is 328 g/mol. The first-order valence-corrected chi connectivity index (χ1v) is 7.43. The largest absolute Gasteiger partial charge is 0.324 e. The van der Waals surface area contributed by atoms with Gasteiger partial charge >= 0.3 is 0 Å². The van der Waals surface area contributed by atoms with Crippen molar-refractivity contribution >= 4 is 27.5 Å². The maximum absolute atomic E-state index is 13.5. The van der Waals surface area contributed by atoms with E-state index in [2.05, 4.69) is 26.6 Å². The number of amides is 1. The lowest BCUT2D eigenvalue weighted by molar-refractivity contribution is -0.116. The van der Waals surface area contributed by atoms with E-state index < -0.39 is 5.82 Å². The van der Waals surface area contributed by atoms with Gasteiger partial charge in [-0.2, -0.15) is 0 Å². The molecule has 5 heteroatoms. The summed E-state index contributed by atoms with van der Waals surface area (Å²) >= 11 is 3.26. The minimum atomic E-state index is -0.410. The summed E-state index contributed by atoms with van der Waals surface area (Å²) in [6.45, 7) is 1.03. The normalized spacial score (nSPS) is 19.2. The molecule has 1 aromatic rings. The van der Waals surface area contributed by atoms with Crippen molar-refractivity contribution in [2.45, 2.75) is 38.1 Å². The first kappa shape index (κ1) is 14.5. The molecule has 104 valence electrons. The fourth-order valence-electron chi connectivity index (χ4n) is 2.28. The maximum atomic E-state index is 13.5. The van der Waals surface area contributed by atoms with Crippen molar-refractivity contribution in [3.8, 4) is 0 Å². The number of hydrogen-bond donors (Lipinski definition) is 2. The summed E-state index contributed by atoms with van der Waals surface area (Å²) < 4.78 is 14.2. The van der Waals surface area contributed by atoms with Gasteiger partial charge in [-0.05, 0) is 44.0 Å². The number of nitrogens with one attached hydrogen (secondary N) is 2. The zero-order valence-corrected chi connectivity index (χ0v) is 12.3. The smallest absolute Gasteiger partial charge is 0.224 e. The molecule has 1 unspecified atom stereocenters. The van der Waals surface area contributed by atoms with E-state index in [0.29, 0.717) is 12.5 Å². The molecule has 0 aliphatic carbocycles. The van der Waals surface area contributed by atoms with Crippen molar-refractivity contribution in [1.29, 1.82) is 0 Å². The fourth-order valence-corrected chi connectivity index (χ4v) is 2.64. The van der Waals surface area contributed by atoms with Crippen LogP contribution in [0.3, 0.4) is 0 Å². The van der Waals surface area contributed by atoms with E-state index in [-0.39, 0.29) is 11.6 Å². The summed E-state index contributed by atoms with van der Waals surface area (Å²) in [5.41, 5.74) is 0.232. The Hall–Kier alpha value is -0.940. The van der Waals surface area contributed by atoms with E-state index in [1.54, 1.807) is 12.1 Å². The number of piperidine rings is 1. The number of carbonyl (C=O) groups is 1. The molecule has 1 fully saturated rings. The number of benzene rings is 1. The van der Waals surface area contributed by atoms with E-state index in [1.807, 2.05) is 0 Å². The lowest BCUT2D eigenvalue weighted by Gasteiger charge is -2.23. The molecule has 1 amide bonds. The molecule has 1 aliphatic rings. The van der Waals surface area contributed by atoms with Crippen LogP contribution in [0.5, 0.6) is 0 Å². The third kappa shape index (κ3) is 4.58. The molecule has 0 aromatic heterocycles. The summed E-state index contributed by atoms with van der Waals surface area (Å²) in [7, 11) is 0. The predicted octanol–water partition coefficient (Wildman–Crippen LogP) is 3.45. The number of halogens is 2. The molecule has 0 radical (unpaired) electrons. The van der Waals surface area contributed by atoms with Crippen molar-refractivity contribution in [3.05, 3.63) is 28.5 Å². The zero-order chi connectivity index (χ0) is 13.7. The lowest BCUT2D eigenvalue weighted by Crippen LogP contribution is -2.34. The highest BCUT2D eigenvalue weighted by Gasteiger charge is 2.14. The quantitative estimate of drug-likeness (QED) is 0.888. The SMILES string of the molecule is O=C(CCC1CCCCN1)Nc1cc(Br)ccc1F.